The summed E-state index contributed by atoms with van der Waals surface area (Å²) in [5.74, 6) is 0.685. The van der Waals surface area contributed by atoms with Crippen molar-refractivity contribution in [3.05, 3.63) is 54.2 Å². The minimum atomic E-state index is 0.685. The molecule has 3 heteroatoms. The van der Waals surface area contributed by atoms with Crippen molar-refractivity contribution in [1.82, 2.24) is 9.97 Å². The number of aromatic nitrogens is 2. The zero-order chi connectivity index (χ0) is 12.5. The lowest BCUT2D eigenvalue weighted by Gasteiger charge is -2.07. The van der Waals surface area contributed by atoms with Crippen LogP contribution < -0.4 is 5.73 Å². The quantitative estimate of drug-likeness (QED) is 0.659. The van der Waals surface area contributed by atoms with Crippen molar-refractivity contribution in [2.75, 3.05) is 5.73 Å². The first kappa shape index (κ1) is 10.7. The topological polar surface area (TPSA) is 51.8 Å². The van der Waals surface area contributed by atoms with E-state index in [-0.39, 0.29) is 0 Å². The molecule has 3 nitrogen and oxygen atoms in total. The van der Waals surface area contributed by atoms with Gasteiger partial charge in [0.1, 0.15) is 0 Å². The summed E-state index contributed by atoms with van der Waals surface area (Å²) in [5.41, 5.74) is 9.47. The molecule has 0 atom stereocenters. The van der Waals surface area contributed by atoms with Gasteiger partial charge in [0.2, 0.25) is 0 Å². The summed E-state index contributed by atoms with van der Waals surface area (Å²) in [6, 6.07) is 15.7. The zero-order valence-corrected chi connectivity index (χ0v) is 10.1. The number of para-hydroxylation sites is 2. The molecule has 0 saturated heterocycles. The molecule has 0 aliphatic rings. The smallest absolute Gasteiger partial charge is 0.162 e. The predicted octanol–water partition coefficient (Wildman–Crippen LogP) is 3.19. The van der Waals surface area contributed by atoms with Gasteiger partial charge in [-0.1, -0.05) is 30.3 Å². The zero-order valence-electron chi connectivity index (χ0n) is 10.1. The summed E-state index contributed by atoms with van der Waals surface area (Å²) < 4.78 is 0. The number of nitrogen functional groups attached to an aromatic ring is 1. The molecule has 0 spiro atoms. The van der Waals surface area contributed by atoms with Crippen LogP contribution in [-0.4, -0.2) is 9.97 Å². The first-order valence-corrected chi connectivity index (χ1v) is 5.84. The van der Waals surface area contributed by atoms with Crippen LogP contribution in [0.25, 0.3) is 22.3 Å². The molecular weight excluding hydrogens is 222 g/mol. The molecule has 1 aromatic heterocycles. The van der Waals surface area contributed by atoms with Gasteiger partial charge < -0.3 is 5.73 Å². The molecule has 2 N–H and O–H groups in total. The van der Waals surface area contributed by atoms with Gasteiger partial charge in [-0.15, -0.1) is 0 Å². The Bertz CT molecular complexity index is 720. The second kappa shape index (κ2) is 4.11. The highest BCUT2D eigenvalue weighted by Crippen LogP contribution is 2.25. The third kappa shape index (κ3) is 1.70. The van der Waals surface area contributed by atoms with Gasteiger partial charge in [-0.05, 0) is 25.1 Å². The predicted molar refractivity (Wildman–Crippen MR) is 74.1 cm³/mol. The van der Waals surface area contributed by atoms with Gasteiger partial charge in [-0.3, -0.25) is 0 Å². The summed E-state index contributed by atoms with van der Waals surface area (Å²) in [4.78, 5) is 9.12. The number of fused-ring (bicyclic) bond motifs is 1. The molecular formula is C15H13N3. The molecule has 0 fully saturated rings. The Kier molecular flexibility index (Phi) is 2.45. The third-order valence-corrected chi connectivity index (χ3v) is 3.00. The molecule has 18 heavy (non-hydrogen) atoms. The van der Waals surface area contributed by atoms with Crippen LogP contribution >= 0.6 is 0 Å². The van der Waals surface area contributed by atoms with Crippen LogP contribution in [0.4, 0.5) is 5.69 Å². The monoisotopic (exact) mass is 235 g/mol. The van der Waals surface area contributed by atoms with Gasteiger partial charge in [0, 0.05) is 22.3 Å². The van der Waals surface area contributed by atoms with Gasteiger partial charge in [-0.25, -0.2) is 9.97 Å². The lowest BCUT2D eigenvalue weighted by atomic mass is 10.1. The van der Waals surface area contributed by atoms with Crippen LogP contribution in [0.3, 0.4) is 0 Å². The van der Waals surface area contributed by atoms with Crippen molar-refractivity contribution in [3.8, 4) is 11.4 Å². The highest BCUT2D eigenvalue weighted by atomic mass is 14.9. The van der Waals surface area contributed by atoms with Gasteiger partial charge in [0.05, 0.1) is 5.52 Å². The molecule has 0 radical (unpaired) electrons. The van der Waals surface area contributed by atoms with E-state index < -0.39 is 0 Å². The molecule has 0 saturated carbocycles. The van der Waals surface area contributed by atoms with E-state index in [1.54, 1.807) is 0 Å². The maximum Gasteiger partial charge on any atom is 0.162 e. The SMILES string of the molecule is Cc1nc(-c2ccccc2N)nc2ccccc12. The van der Waals surface area contributed by atoms with Crippen molar-refractivity contribution in [2.45, 2.75) is 6.92 Å². The van der Waals surface area contributed by atoms with E-state index in [1.807, 2.05) is 55.5 Å². The van der Waals surface area contributed by atoms with Gasteiger partial charge in [-0.2, -0.15) is 0 Å². The lowest BCUT2D eigenvalue weighted by Crippen LogP contribution is -1.97. The highest BCUT2D eigenvalue weighted by molar-refractivity contribution is 5.83. The number of aryl methyl sites for hydroxylation is 1. The molecule has 0 bridgehead atoms. The maximum absolute atomic E-state index is 5.97. The van der Waals surface area contributed by atoms with Crippen LogP contribution in [0, 0.1) is 6.92 Å². The molecule has 88 valence electrons. The normalized spacial score (nSPS) is 10.7. The Morgan fingerprint density at radius 2 is 1.61 bits per heavy atom. The largest absolute Gasteiger partial charge is 0.398 e. The van der Waals surface area contributed by atoms with Gasteiger partial charge in [0.25, 0.3) is 0 Å². The summed E-state index contributed by atoms with van der Waals surface area (Å²) >= 11 is 0. The van der Waals surface area contributed by atoms with E-state index in [9.17, 15) is 0 Å². The Morgan fingerprint density at radius 3 is 2.44 bits per heavy atom. The van der Waals surface area contributed by atoms with Crippen molar-refractivity contribution >= 4 is 16.6 Å². The Balaban J connectivity index is 2.28. The van der Waals surface area contributed by atoms with E-state index in [2.05, 4.69) is 9.97 Å². The van der Waals surface area contributed by atoms with E-state index in [0.717, 1.165) is 22.2 Å². The van der Waals surface area contributed by atoms with Crippen molar-refractivity contribution in [3.63, 3.8) is 0 Å². The van der Waals surface area contributed by atoms with Crippen molar-refractivity contribution in [1.29, 1.82) is 0 Å². The van der Waals surface area contributed by atoms with Gasteiger partial charge in [0.15, 0.2) is 5.82 Å². The average Bonchev–Trinajstić information content (AvgIpc) is 2.39. The number of nitrogens with zero attached hydrogens (tertiary/aromatic N) is 2. The van der Waals surface area contributed by atoms with Gasteiger partial charge >= 0.3 is 0 Å². The minimum Gasteiger partial charge on any atom is -0.398 e. The summed E-state index contributed by atoms with van der Waals surface area (Å²) in [6.45, 7) is 1.99. The third-order valence-electron chi connectivity index (χ3n) is 3.00. The number of nitrogens with two attached hydrogens (primary N) is 1. The Morgan fingerprint density at radius 1 is 0.889 bits per heavy atom. The summed E-state index contributed by atoms with van der Waals surface area (Å²) in [7, 11) is 0. The Hall–Kier alpha value is -2.42. The number of anilines is 1. The first-order chi connectivity index (χ1) is 8.75. The molecule has 0 aliphatic heterocycles. The fourth-order valence-electron chi connectivity index (χ4n) is 2.06. The second-order valence-electron chi connectivity index (χ2n) is 4.24. The van der Waals surface area contributed by atoms with Crippen LogP contribution in [0.1, 0.15) is 5.69 Å². The van der Waals surface area contributed by atoms with E-state index in [0.29, 0.717) is 11.5 Å². The van der Waals surface area contributed by atoms with E-state index in [1.165, 1.54) is 0 Å². The number of rotatable bonds is 1. The molecule has 1 heterocycles. The standard InChI is InChI=1S/C15H13N3/c1-10-11-6-3-5-9-14(11)18-15(17-10)12-7-2-4-8-13(12)16/h2-9H,16H2,1H3. The van der Waals surface area contributed by atoms with Crippen LogP contribution in [0.2, 0.25) is 0 Å². The van der Waals surface area contributed by atoms with Crippen LogP contribution in [-0.2, 0) is 0 Å². The molecule has 2 aromatic carbocycles. The molecule has 3 rings (SSSR count). The van der Waals surface area contributed by atoms with Crippen LogP contribution in [0.15, 0.2) is 48.5 Å². The van der Waals surface area contributed by atoms with E-state index in [4.69, 9.17) is 5.73 Å². The number of hydrogen-bond donors (Lipinski definition) is 1. The molecule has 0 aliphatic carbocycles. The first-order valence-electron chi connectivity index (χ1n) is 5.84. The summed E-state index contributed by atoms with van der Waals surface area (Å²) in [5, 5.41) is 1.08. The fourth-order valence-corrected chi connectivity index (χ4v) is 2.06. The summed E-state index contributed by atoms with van der Waals surface area (Å²) in [6.07, 6.45) is 0. The van der Waals surface area contributed by atoms with Crippen LogP contribution in [0.5, 0.6) is 0 Å². The number of benzene rings is 2. The van der Waals surface area contributed by atoms with E-state index >= 15 is 0 Å². The fraction of sp³-hybridized carbons (Fsp3) is 0.0667. The number of hydrogen-bond acceptors (Lipinski definition) is 3. The second-order valence-corrected chi connectivity index (χ2v) is 4.24. The van der Waals surface area contributed by atoms with Crippen molar-refractivity contribution < 1.29 is 0 Å². The molecule has 0 amide bonds. The average molecular weight is 235 g/mol. The molecule has 3 aromatic rings. The minimum absolute atomic E-state index is 0.685. The maximum atomic E-state index is 5.97. The Labute approximate surface area is 105 Å². The molecule has 0 unspecified atom stereocenters. The highest BCUT2D eigenvalue weighted by Gasteiger charge is 2.08. The van der Waals surface area contributed by atoms with Crippen molar-refractivity contribution in [2.24, 2.45) is 0 Å². The lowest BCUT2D eigenvalue weighted by molar-refractivity contribution is 1.16.